The topological polar surface area (TPSA) is 62.7 Å². The van der Waals surface area contributed by atoms with Crippen LogP contribution in [0, 0.1) is 5.92 Å². The van der Waals surface area contributed by atoms with E-state index >= 15 is 0 Å². The number of pyridine rings is 1. The normalized spacial score (nSPS) is 28.6. The van der Waals surface area contributed by atoms with Crippen LogP contribution in [-0.2, 0) is 16.0 Å². The molecule has 0 aromatic carbocycles. The Bertz CT molecular complexity index is 508. The summed E-state index contributed by atoms with van der Waals surface area (Å²) in [5, 5.41) is 10.3. The highest BCUT2D eigenvalue weighted by atomic mass is 16.5. The van der Waals surface area contributed by atoms with Gasteiger partial charge in [-0.3, -0.25) is 9.78 Å². The molecule has 3 rings (SSSR count). The van der Waals surface area contributed by atoms with Gasteiger partial charge in [0, 0.05) is 30.8 Å². The first-order valence-electron chi connectivity index (χ1n) is 8.71. The minimum Gasteiger partial charge on any atom is -0.393 e. The van der Waals surface area contributed by atoms with Crippen LogP contribution in [0.4, 0.5) is 0 Å². The van der Waals surface area contributed by atoms with E-state index in [0.717, 1.165) is 31.4 Å². The summed E-state index contributed by atoms with van der Waals surface area (Å²) in [6.45, 7) is 1.78. The Balaban J connectivity index is 1.62. The monoisotopic (exact) mass is 318 g/mol. The quantitative estimate of drug-likeness (QED) is 0.919. The Morgan fingerprint density at radius 3 is 3.00 bits per heavy atom. The van der Waals surface area contributed by atoms with Crippen molar-refractivity contribution < 1.29 is 14.6 Å². The van der Waals surface area contributed by atoms with Gasteiger partial charge in [0.25, 0.3) is 0 Å². The van der Waals surface area contributed by atoms with Crippen molar-refractivity contribution in [2.45, 2.75) is 50.7 Å². The second kappa shape index (κ2) is 7.88. The molecule has 0 radical (unpaired) electrons. The molecule has 1 saturated heterocycles. The van der Waals surface area contributed by atoms with Crippen LogP contribution in [0.25, 0.3) is 0 Å². The molecule has 23 heavy (non-hydrogen) atoms. The summed E-state index contributed by atoms with van der Waals surface area (Å²) >= 11 is 0. The predicted octanol–water partition coefficient (Wildman–Crippen LogP) is 1.79. The molecule has 1 aromatic heterocycles. The number of hydrogen-bond donors (Lipinski definition) is 1. The van der Waals surface area contributed by atoms with Crippen molar-refractivity contribution in [3.63, 3.8) is 0 Å². The third kappa shape index (κ3) is 4.09. The maximum absolute atomic E-state index is 12.7. The second-order valence-electron chi connectivity index (χ2n) is 6.57. The largest absolute Gasteiger partial charge is 0.393 e. The average molecular weight is 318 g/mol. The van der Waals surface area contributed by atoms with E-state index in [1.54, 1.807) is 6.20 Å². The first-order valence-corrected chi connectivity index (χ1v) is 8.71. The van der Waals surface area contributed by atoms with Crippen molar-refractivity contribution in [3.8, 4) is 0 Å². The zero-order valence-corrected chi connectivity index (χ0v) is 13.6. The Morgan fingerprint density at radius 2 is 2.22 bits per heavy atom. The van der Waals surface area contributed by atoms with E-state index in [0.29, 0.717) is 32.6 Å². The van der Waals surface area contributed by atoms with E-state index < -0.39 is 0 Å². The van der Waals surface area contributed by atoms with E-state index in [1.165, 1.54) is 0 Å². The molecule has 3 atom stereocenters. The summed E-state index contributed by atoms with van der Waals surface area (Å²) in [6.07, 6.45) is 6.63. The van der Waals surface area contributed by atoms with Crippen molar-refractivity contribution in [2.75, 3.05) is 19.8 Å². The summed E-state index contributed by atoms with van der Waals surface area (Å²) in [5.41, 5.74) is 0.948. The number of rotatable bonds is 4. The molecule has 2 fully saturated rings. The summed E-state index contributed by atoms with van der Waals surface area (Å²) in [6, 6.07) is 5.81. The van der Waals surface area contributed by atoms with E-state index in [9.17, 15) is 9.90 Å². The first kappa shape index (κ1) is 16.4. The number of amides is 1. The van der Waals surface area contributed by atoms with E-state index in [2.05, 4.69) is 4.98 Å². The molecule has 1 N–H and O–H groups in total. The van der Waals surface area contributed by atoms with Gasteiger partial charge < -0.3 is 14.7 Å². The predicted molar refractivity (Wildman–Crippen MR) is 86.8 cm³/mol. The number of morpholine rings is 1. The minimum absolute atomic E-state index is 0.0234. The number of carbonyl (C=O) groups excluding carboxylic acids is 1. The van der Waals surface area contributed by atoms with Crippen LogP contribution < -0.4 is 0 Å². The van der Waals surface area contributed by atoms with Crippen LogP contribution in [0.2, 0.25) is 0 Å². The minimum atomic E-state index is -0.304. The summed E-state index contributed by atoms with van der Waals surface area (Å²) in [7, 11) is 0. The number of aryl methyl sites for hydroxylation is 1. The van der Waals surface area contributed by atoms with Crippen LogP contribution >= 0.6 is 0 Å². The SMILES string of the molecule is O=C(CCc1ccccn1)N1CCOC[C@@H]1[C@H]1CCCC[C@H]1O. The van der Waals surface area contributed by atoms with Crippen molar-refractivity contribution in [1.29, 1.82) is 0 Å². The zero-order valence-electron chi connectivity index (χ0n) is 13.6. The fourth-order valence-electron chi connectivity index (χ4n) is 3.80. The molecule has 1 aromatic rings. The van der Waals surface area contributed by atoms with Crippen molar-refractivity contribution in [1.82, 2.24) is 9.88 Å². The first-order chi connectivity index (χ1) is 11.3. The van der Waals surface area contributed by atoms with E-state index in [1.807, 2.05) is 23.1 Å². The number of aliphatic hydroxyl groups is 1. The van der Waals surface area contributed by atoms with Crippen LogP contribution in [0.1, 0.15) is 37.8 Å². The summed E-state index contributed by atoms with van der Waals surface area (Å²) in [5.74, 6) is 0.310. The highest BCUT2D eigenvalue weighted by Crippen LogP contribution is 2.31. The van der Waals surface area contributed by atoms with Gasteiger partial charge in [0.05, 0.1) is 25.4 Å². The van der Waals surface area contributed by atoms with Gasteiger partial charge in [0.15, 0.2) is 0 Å². The lowest BCUT2D eigenvalue weighted by molar-refractivity contribution is -0.145. The molecule has 0 spiro atoms. The molecule has 0 bridgehead atoms. The lowest BCUT2D eigenvalue weighted by atomic mass is 9.80. The molecule has 2 heterocycles. The third-order valence-electron chi connectivity index (χ3n) is 5.08. The molecular weight excluding hydrogens is 292 g/mol. The standard InChI is InChI=1S/C18H26N2O3/c21-17-7-2-1-6-15(17)16-13-23-12-11-20(16)18(22)9-8-14-5-3-4-10-19-14/h3-5,10,15-17,21H,1-2,6-9,11-13H2/t15-,16-,17-/m1/s1. The number of aliphatic hydroxyl groups excluding tert-OH is 1. The maximum Gasteiger partial charge on any atom is 0.223 e. The Kier molecular flexibility index (Phi) is 5.62. The lowest BCUT2D eigenvalue weighted by Gasteiger charge is -2.43. The van der Waals surface area contributed by atoms with Crippen molar-refractivity contribution >= 4 is 5.91 Å². The Labute approximate surface area is 137 Å². The second-order valence-corrected chi connectivity index (χ2v) is 6.57. The number of aromatic nitrogens is 1. The van der Waals surface area contributed by atoms with Gasteiger partial charge in [0.1, 0.15) is 0 Å². The fraction of sp³-hybridized carbons (Fsp3) is 0.667. The molecule has 1 saturated carbocycles. The van der Waals surface area contributed by atoms with Gasteiger partial charge in [-0.05, 0) is 31.4 Å². The van der Waals surface area contributed by atoms with Gasteiger partial charge in [-0.25, -0.2) is 0 Å². The fourth-order valence-corrected chi connectivity index (χ4v) is 3.80. The van der Waals surface area contributed by atoms with Crippen LogP contribution in [0.15, 0.2) is 24.4 Å². The molecule has 0 unspecified atom stereocenters. The zero-order chi connectivity index (χ0) is 16.1. The van der Waals surface area contributed by atoms with Crippen molar-refractivity contribution in [3.05, 3.63) is 30.1 Å². The van der Waals surface area contributed by atoms with Gasteiger partial charge in [-0.15, -0.1) is 0 Å². The Hall–Kier alpha value is -1.46. The lowest BCUT2D eigenvalue weighted by Crippen LogP contribution is -2.55. The van der Waals surface area contributed by atoms with Crippen LogP contribution in [0.3, 0.4) is 0 Å². The average Bonchev–Trinajstić information content (AvgIpc) is 2.61. The smallest absolute Gasteiger partial charge is 0.223 e. The summed E-state index contributed by atoms with van der Waals surface area (Å²) < 4.78 is 5.61. The number of nitrogens with zero attached hydrogens (tertiary/aromatic N) is 2. The molecule has 126 valence electrons. The van der Waals surface area contributed by atoms with Gasteiger partial charge in [-0.2, -0.15) is 0 Å². The molecule has 1 aliphatic heterocycles. The molecular formula is C18H26N2O3. The molecule has 1 aliphatic carbocycles. The Morgan fingerprint density at radius 1 is 1.35 bits per heavy atom. The van der Waals surface area contributed by atoms with Gasteiger partial charge >= 0.3 is 0 Å². The molecule has 5 heteroatoms. The van der Waals surface area contributed by atoms with Gasteiger partial charge in [-0.1, -0.05) is 18.9 Å². The van der Waals surface area contributed by atoms with Crippen LogP contribution in [-0.4, -0.2) is 52.8 Å². The summed E-state index contributed by atoms with van der Waals surface area (Å²) in [4.78, 5) is 18.9. The third-order valence-corrected chi connectivity index (χ3v) is 5.08. The highest BCUT2D eigenvalue weighted by Gasteiger charge is 2.37. The van der Waals surface area contributed by atoms with Crippen LogP contribution in [0.5, 0.6) is 0 Å². The number of ether oxygens (including phenoxy) is 1. The molecule has 2 aliphatic rings. The molecule has 1 amide bonds. The van der Waals surface area contributed by atoms with E-state index in [4.69, 9.17) is 4.74 Å². The maximum atomic E-state index is 12.7. The van der Waals surface area contributed by atoms with Crippen molar-refractivity contribution in [2.24, 2.45) is 5.92 Å². The highest BCUT2D eigenvalue weighted by molar-refractivity contribution is 5.77. The molecule has 5 nitrogen and oxygen atoms in total. The van der Waals surface area contributed by atoms with Gasteiger partial charge in [0.2, 0.25) is 5.91 Å². The number of hydrogen-bond acceptors (Lipinski definition) is 4. The number of carbonyl (C=O) groups is 1. The van der Waals surface area contributed by atoms with E-state index in [-0.39, 0.29) is 24.0 Å².